The number of nitriles is 2. The third-order valence-electron chi connectivity index (χ3n) is 4.72. The lowest BCUT2D eigenvalue weighted by Crippen LogP contribution is -1.85. The van der Waals surface area contributed by atoms with E-state index in [4.69, 9.17) is 14.9 Å². The van der Waals surface area contributed by atoms with Gasteiger partial charge in [-0.25, -0.2) is 4.98 Å². The zero-order valence-electron chi connectivity index (χ0n) is 14.6. The highest BCUT2D eigenvalue weighted by Gasteiger charge is 2.08. The lowest BCUT2D eigenvalue weighted by atomic mass is 10.0. The summed E-state index contributed by atoms with van der Waals surface area (Å²) in [6, 6.07) is 23.6. The first-order valence-electron chi connectivity index (χ1n) is 8.67. The molecule has 5 aromatic rings. The summed E-state index contributed by atoms with van der Waals surface area (Å²) < 4.78 is 7.78. The third kappa shape index (κ3) is 2.59. The van der Waals surface area contributed by atoms with Crippen molar-refractivity contribution in [1.82, 2.24) is 9.38 Å². The van der Waals surface area contributed by atoms with Gasteiger partial charge in [0, 0.05) is 23.3 Å². The summed E-state index contributed by atoms with van der Waals surface area (Å²) in [6.45, 7) is 0. The molecule has 5 nitrogen and oxygen atoms in total. The second-order valence-electron chi connectivity index (χ2n) is 6.47. The summed E-state index contributed by atoms with van der Waals surface area (Å²) in [5.74, 6) is 0.764. The molecular formula is C23H12N4O. The molecule has 0 N–H and O–H groups in total. The first-order valence-corrected chi connectivity index (χ1v) is 8.67. The third-order valence-corrected chi connectivity index (χ3v) is 4.72. The van der Waals surface area contributed by atoms with E-state index in [1.54, 1.807) is 18.3 Å². The molecule has 0 aliphatic rings. The average molecular weight is 360 g/mol. The van der Waals surface area contributed by atoms with E-state index in [1.165, 1.54) is 0 Å². The molecule has 0 atom stereocenters. The minimum Gasteiger partial charge on any atom is -0.456 e. The van der Waals surface area contributed by atoms with Crippen molar-refractivity contribution in [1.29, 1.82) is 10.5 Å². The number of benzene rings is 2. The molecule has 5 heteroatoms. The van der Waals surface area contributed by atoms with Crippen LogP contribution in [0, 0.1) is 22.7 Å². The molecule has 28 heavy (non-hydrogen) atoms. The number of furan rings is 1. The van der Waals surface area contributed by atoms with Gasteiger partial charge >= 0.3 is 0 Å². The molecule has 0 radical (unpaired) electrons. The molecule has 3 heterocycles. The van der Waals surface area contributed by atoms with Crippen LogP contribution < -0.4 is 0 Å². The number of imidazole rings is 1. The molecule has 0 aliphatic heterocycles. The average Bonchev–Trinajstić information content (AvgIpc) is 3.36. The predicted molar refractivity (Wildman–Crippen MR) is 105 cm³/mol. The van der Waals surface area contributed by atoms with Crippen molar-refractivity contribution in [3.63, 3.8) is 0 Å². The van der Waals surface area contributed by atoms with Gasteiger partial charge in [0.1, 0.15) is 23.1 Å². The summed E-state index contributed by atoms with van der Waals surface area (Å²) in [5, 5.41) is 19.0. The molecule has 0 spiro atoms. The van der Waals surface area contributed by atoms with Crippen LogP contribution in [0.2, 0.25) is 0 Å². The van der Waals surface area contributed by atoms with E-state index in [0.717, 1.165) is 33.5 Å². The largest absolute Gasteiger partial charge is 0.456 e. The molecule has 3 aromatic heterocycles. The Hall–Kier alpha value is -4.35. The van der Waals surface area contributed by atoms with E-state index in [2.05, 4.69) is 17.1 Å². The van der Waals surface area contributed by atoms with Crippen LogP contribution in [-0.4, -0.2) is 9.38 Å². The van der Waals surface area contributed by atoms with Crippen molar-refractivity contribution in [2.45, 2.75) is 0 Å². The predicted octanol–water partition coefficient (Wildman–Crippen LogP) is 5.16. The molecule has 2 aromatic carbocycles. The minimum atomic E-state index is 0.400. The number of fused-ring (bicyclic) bond motifs is 2. The quantitative estimate of drug-likeness (QED) is 0.436. The smallest absolute Gasteiger partial charge is 0.159 e. The van der Waals surface area contributed by atoms with Crippen molar-refractivity contribution < 1.29 is 4.42 Å². The van der Waals surface area contributed by atoms with Crippen LogP contribution in [0.1, 0.15) is 11.3 Å². The van der Waals surface area contributed by atoms with Gasteiger partial charge in [0.15, 0.2) is 5.69 Å². The first-order chi connectivity index (χ1) is 13.7. The van der Waals surface area contributed by atoms with Gasteiger partial charge in [-0.15, -0.1) is 0 Å². The topological polar surface area (TPSA) is 78.0 Å². The number of rotatable bonds is 2. The second kappa shape index (κ2) is 6.12. The molecule has 0 saturated heterocycles. The van der Waals surface area contributed by atoms with Crippen molar-refractivity contribution in [3.8, 4) is 34.6 Å². The van der Waals surface area contributed by atoms with Gasteiger partial charge in [-0.1, -0.05) is 24.3 Å². The first kappa shape index (κ1) is 15.9. The molecule has 5 rings (SSSR count). The highest BCUT2D eigenvalue weighted by Crippen LogP contribution is 2.30. The van der Waals surface area contributed by atoms with Crippen molar-refractivity contribution in [2.24, 2.45) is 0 Å². The highest BCUT2D eigenvalue weighted by molar-refractivity contribution is 5.84. The Morgan fingerprint density at radius 1 is 0.786 bits per heavy atom. The van der Waals surface area contributed by atoms with Crippen LogP contribution in [0.15, 0.2) is 77.5 Å². The Balaban J connectivity index is 1.50. The molecule has 0 bridgehead atoms. The molecule has 0 unspecified atom stereocenters. The summed E-state index contributed by atoms with van der Waals surface area (Å²) >= 11 is 0. The highest BCUT2D eigenvalue weighted by atomic mass is 16.3. The summed E-state index contributed by atoms with van der Waals surface area (Å²) in [4.78, 5) is 4.22. The van der Waals surface area contributed by atoms with Crippen LogP contribution in [0.4, 0.5) is 0 Å². The van der Waals surface area contributed by atoms with Gasteiger partial charge in [-0.05, 0) is 47.5 Å². The van der Waals surface area contributed by atoms with Crippen LogP contribution in [0.3, 0.4) is 0 Å². The second-order valence-corrected chi connectivity index (χ2v) is 6.47. The van der Waals surface area contributed by atoms with Gasteiger partial charge in [0.2, 0.25) is 0 Å². The van der Waals surface area contributed by atoms with E-state index in [9.17, 15) is 0 Å². The maximum absolute atomic E-state index is 9.03. The standard InChI is InChI=1S/C23H12N4O/c24-11-15-1-2-18-10-22(28-21(18)9-15)17-5-3-16(4-6-17)19-7-8-23-26-20(12-25)14-27(23)13-19/h1-10,13-14H. The molecular weight excluding hydrogens is 348 g/mol. The Bertz CT molecular complexity index is 1390. The Morgan fingerprint density at radius 2 is 1.57 bits per heavy atom. The Morgan fingerprint density at radius 3 is 2.36 bits per heavy atom. The van der Waals surface area contributed by atoms with Gasteiger partial charge in [0.25, 0.3) is 0 Å². The molecule has 0 aliphatic carbocycles. The van der Waals surface area contributed by atoms with Crippen LogP contribution >= 0.6 is 0 Å². The minimum absolute atomic E-state index is 0.400. The maximum atomic E-state index is 9.03. The van der Waals surface area contributed by atoms with E-state index < -0.39 is 0 Å². The van der Waals surface area contributed by atoms with Crippen molar-refractivity contribution in [2.75, 3.05) is 0 Å². The van der Waals surface area contributed by atoms with Crippen LogP contribution in [-0.2, 0) is 0 Å². The Labute approximate surface area is 160 Å². The number of hydrogen-bond acceptors (Lipinski definition) is 4. The maximum Gasteiger partial charge on any atom is 0.159 e. The van der Waals surface area contributed by atoms with E-state index >= 15 is 0 Å². The van der Waals surface area contributed by atoms with Gasteiger partial charge in [0.05, 0.1) is 11.6 Å². The zero-order valence-corrected chi connectivity index (χ0v) is 14.6. The molecule has 0 saturated carbocycles. The van der Waals surface area contributed by atoms with E-state index in [1.807, 2.05) is 59.1 Å². The summed E-state index contributed by atoms with van der Waals surface area (Å²) in [7, 11) is 0. The van der Waals surface area contributed by atoms with Crippen molar-refractivity contribution in [3.05, 3.63) is 84.3 Å². The van der Waals surface area contributed by atoms with Gasteiger partial charge < -0.3 is 8.82 Å². The number of aromatic nitrogens is 2. The van der Waals surface area contributed by atoms with Crippen LogP contribution in [0.5, 0.6) is 0 Å². The lowest BCUT2D eigenvalue weighted by molar-refractivity contribution is 0.631. The fourth-order valence-electron chi connectivity index (χ4n) is 3.29. The number of nitrogens with zero attached hydrogens (tertiary/aromatic N) is 4. The van der Waals surface area contributed by atoms with Crippen LogP contribution in [0.25, 0.3) is 39.1 Å². The normalized spacial score (nSPS) is 10.8. The summed E-state index contributed by atoms with van der Waals surface area (Å²) in [5.41, 5.74) is 5.49. The zero-order chi connectivity index (χ0) is 19.1. The summed E-state index contributed by atoms with van der Waals surface area (Å²) in [6.07, 6.45) is 3.68. The SMILES string of the molecule is N#Cc1ccc2cc(-c3ccc(-c4ccc5nc(C#N)cn5c4)cc3)oc2c1. The van der Waals surface area contributed by atoms with Crippen molar-refractivity contribution >= 4 is 16.6 Å². The monoisotopic (exact) mass is 360 g/mol. The fraction of sp³-hybridized carbons (Fsp3) is 0. The van der Waals surface area contributed by atoms with E-state index in [0.29, 0.717) is 16.8 Å². The number of hydrogen-bond donors (Lipinski definition) is 0. The number of pyridine rings is 1. The molecule has 0 amide bonds. The molecule has 130 valence electrons. The van der Waals surface area contributed by atoms with Gasteiger partial charge in [-0.3, -0.25) is 0 Å². The lowest BCUT2D eigenvalue weighted by Gasteiger charge is -2.04. The molecule has 0 fully saturated rings. The van der Waals surface area contributed by atoms with Gasteiger partial charge in [-0.2, -0.15) is 10.5 Å². The fourth-order valence-corrected chi connectivity index (χ4v) is 3.29. The van der Waals surface area contributed by atoms with E-state index in [-0.39, 0.29) is 0 Å². The Kier molecular flexibility index (Phi) is 3.47.